The lowest BCUT2D eigenvalue weighted by atomic mass is 9.57. The topological polar surface area (TPSA) is 233 Å². The third-order valence-corrected chi connectivity index (χ3v) is 17.3. The molecule has 3 saturated carbocycles. The lowest BCUT2D eigenvalue weighted by Crippen LogP contribution is -2.60. The van der Waals surface area contributed by atoms with Crippen LogP contribution in [-0.4, -0.2) is 101 Å². The zero-order valence-corrected chi connectivity index (χ0v) is 43.6. The highest BCUT2D eigenvalue weighted by atomic mass is 32.1. The molecule has 0 radical (unpaired) electrons. The van der Waals surface area contributed by atoms with E-state index in [1.807, 2.05) is 89.6 Å². The van der Waals surface area contributed by atoms with E-state index in [4.69, 9.17) is 10.1 Å². The van der Waals surface area contributed by atoms with Gasteiger partial charge in [0.15, 0.2) is 5.01 Å². The molecule has 72 heavy (non-hydrogen) atoms. The smallest absolute Gasteiger partial charge is 0.246 e. The van der Waals surface area contributed by atoms with Gasteiger partial charge in [0, 0.05) is 49.3 Å². The molecule has 5 N–H and O–H groups in total. The summed E-state index contributed by atoms with van der Waals surface area (Å²) >= 11 is 3.15. The van der Waals surface area contributed by atoms with E-state index < -0.39 is 46.4 Å². The number of likely N-dealkylation sites (tertiary alicyclic amines) is 1. The number of nitriles is 1. The fourth-order valence-corrected chi connectivity index (χ4v) is 12.6. The number of carbonyl (C=O) groups excluding carboxylic acids is 4. The van der Waals surface area contributed by atoms with Crippen LogP contribution in [-0.2, 0) is 24.6 Å². The predicted molar refractivity (Wildman–Crippen MR) is 277 cm³/mol. The number of aliphatic hydroxyl groups is 1. The standard InChI is InChI=1S/C53H62N12O5S2/c1-30(33-9-11-34(12-10-33)43-31(2)57-29-71-43)59-45(68)41-22-36(66)28-64(41)47(69)44(50(3,4)5)60-48(70)51(6,7)24-42(67)61-53-18-15-52(16-19-53,17-20-53)49-63-62-46(72-49)37-27-56-39(23-38(37)55-8)40-14-13-35-21-32(25-54)26-58-65(35)40/h9-14,21,23,26-27,29-30,36,41,44,66H,15-20,22,24,28H2,1-8H3,(H,55,56)(H,59,68)(H,60,70)(H,61,67)/t30-,36+,41-,44+,52?,53?/m0/s1. The molecule has 10 rings (SSSR count). The molecule has 2 bridgehead atoms. The number of thiazole rings is 1. The van der Waals surface area contributed by atoms with E-state index in [0.29, 0.717) is 5.56 Å². The summed E-state index contributed by atoms with van der Waals surface area (Å²) in [4.78, 5) is 68.1. The van der Waals surface area contributed by atoms with Crippen LogP contribution < -0.4 is 21.3 Å². The molecule has 3 aliphatic carbocycles. The number of rotatable bonds is 14. The van der Waals surface area contributed by atoms with Gasteiger partial charge in [0.25, 0.3) is 0 Å². The van der Waals surface area contributed by atoms with E-state index in [-0.39, 0.29) is 42.7 Å². The number of fused-ring (bicyclic) bond motifs is 4. The van der Waals surface area contributed by atoms with Crippen LogP contribution in [0.25, 0.3) is 37.9 Å². The van der Waals surface area contributed by atoms with E-state index in [9.17, 15) is 29.5 Å². The molecule has 4 atom stereocenters. The van der Waals surface area contributed by atoms with Gasteiger partial charge in [0.2, 0.25) is 23.6 Å². The van der Waals surface area contributed by atoms with Gasteiger partial charge in [-0.05, 0) is 93.2 Å². The Labute approximate surface area is 427 Å². The van der Waals surface area contributed by atoms with Crippen molar-refractivity contribution in [2.24, 2.45) is 10.8 Å². The molecule has 1 saturated heterocycles. The first-order chi connectivity index (χ1) is 34.2. The van der Waals surface area contributed by atoms with E-state index >= 15 is 0 Å². The molecule has 5 aromatic heterocycles. The quantitative estimate of drug-likeness (QED) is 0.0714. The van der Waals surface area contributed by atoms with Gasteiger partial charge >= 0.3 is 0 Å². The Hall–Kier alpha value is -6.62. The average Bonchev–Trinajstić information content (AvgIpc) is 4.20. The van der Waals surface area contributed by atoms with Crippen molar-refractivity contribution in [1.29, 1.82) is 5.26 Å². The van der Waals surface area contributed by atoms with Crippen LogP contribution in [0.3, 0.4) is 0 Å². The Kier molecular flexibility index (Phi) is 13.6. The minimum Gasteiger partial charge on any atom is -0.391 e. The van der Waals surface area contributed by atoms with Crippen LogP contribution in [0, 0.1) is 29.1 Å². The van der Waals surface area contributed by atoms with E-state index in [0.717, 1.165) is 98.4 Å². The van der Waals surface area contributed by atoms with Crippen molar-refractivity contribution in [3.8, 4) is 38.5 Å². The number of amides is 4. The summed E-state index contributed by atoms with van der Waals surface area (Å²) in [6, 6.07) is 15.3. The third-order valence-electron chi connectivity index (χ3n) is 15.1. The number of benzene rings is 1. The number of anilines is 1. The Balaban J connectivity index is 0.803. The highest BCUT2D eigenvalue weighted by Gasteiger charge is 2.52. The largest absolute Gasteiger partial charge is 0.391 e. The molecule has 4 amide bonds. The number of pyridine rings is 1. The zero-order chi connectivity index (χ0) is 51.3. The summed E-state index contributed by atoms with van der Waals surface area (Å²) in [7, 11) is 1.86. The van der Waals surface area contributed by atoms with Crippen molar-refractivity contribution in [2.75, 3.05) is 18.9 Å². The fourth-order valence-electron chi connectivity index (χ4n) is 10.6. The maximum atomic E-state index is 14.5. The van der Waals surface area contributed by atoms with Gasteiger partial charge < -0.3 is 31.3 Å². The lowest BCUT2D eigenvalue weighted by molar-refractivity contribution is -0.146. The second kappa shape index (κ2) is 19.4. The average molecular weight is 1010 g/mol. The van der Waals surface area contributed by atoms with Crippen molar-refractivity contribution < 1.29 is 24.3 Å². The second-order valence-corrected chi connectivity index (χ2v) is 23.5. The number of β-amino-alcohol motifs (C(OH)–C–C–N with tert-alkyl or cyclic N) is 1. The van der Waals surface area contributed by atoms with Crippen molar-refractivity contribution in [3.05, 3.63) is 88.3 Å². The number of aryl methyl sites for hydroxylation is 1. The summed E-state index contributed by atoms with van der Waals surface area (Å²) in [6.45, 7) is 12.8. The van der Waals surface area contributed by atoms with Crippen molar-refractivity contribution >= 4 is 57.5 Å². The molecule has 6 aromatic rings. The Morgan fingerprint density at radius 3 is 2.32 bits per heavy atom. The number of hydrogen-bond acceptors (Lipinski definition) is 14. The van der Waals surface area contributed by atoms with Crippen molar-refractivity contribution in [2.45, 2.75) is 135 Å². The first-order valence-corrected chi connectivity index (χ1v) is 26.2. The molecule has 1 aromatic carbocycles. The highest BCUT2D eigenvalue weighted by molar-refractivity contribution is 7.15. The molecule has 0 unspecified atom stereocenters. The van der Waals surface area contributed by atoms with Crippen LogP contribution in [0.1, 0.15) is 121 Å². The van der Waals surface area contributed by atoms with Crippen LogP contribution in [0.5, 0.6) is 0 Å². The SMILES string of the molecule is CNc1cc(-c2ccc3cc(C#N)cnn23)ncc1-c1nnc(C23CCC(NC(=O)CC(C)(C)C(=O)N[C@H](C(=O)N4C[C@H](O)C[C@H]4C(=O)N[C@@H](C)c4ccc(-c5scnc5C)cc4)C(C)(C)C)(CC2)CC3)s1. The number of aromatic nitrogens is 6. The minimum atomic E-state index is -1.18. The fraction of sp³-hybridized carbons (Fsp3) is 0.472. The lowest BCUT2D eigenvalue weighted by Gasteiger charge is -2.52. The number of nitrogens with zero attached hydrogens (tertiary/aromatic N) is 8. The van der Waals surface area contributed by atoms with Gasteiger partial charge in [-0.3, -0.25) is 24.2 Å². The van der Waals surface area contributed by atoms with Gasteiger partial charge in [-0.15, -0.1) is 21.5 Å². The number of aliphatic hydroxyl groups excluding tert-OH is 1. The van der Waals surface area contributed by atoms with E-state index in [2.05, 4.69) is 42.5 Å². The summed E-state index contributed by atoms with van der Waals surface area (Å²) in [5.74, 6) is -1.53. The molecule has 0 spiro atoms. The molecule has 6 heterocycles. The van der Waals surface area contributed by atoms with Crippen LogP contribution in [0.15, 0.2) is 66.4 Å². The number of hydrogen-bond donors (Lipinski definition) is 5. The molecule has 4 fully saturated rings. The summed E-state index contributed by atoms with van der Waals surface area (Å²) in [5, 5.41) is 48.4. The Bertz CT molecular complexity index is 3070. The van der Waals surface area contributed by atoms with Gasteiger partial charge in [-0.1, -0.05) is 70.2 Å². The summed E-state index contributed by atoms with van der Waals surface area (Å²) < 4.78 is 1.76. The highest BCUT2D eigenvalue weighted by Crippen LogP contribution is 2.55. The molecular formula is C53H62N12O5S2. The maximum Gasteiger partial charge on any atom is 0.246 e. The molecule has 4 aliphatic rings. The minimum absolute atomic E-state index is 0.0481. The van der Waals surface area contributed by atoms with Crippen LogP contribution in [0.2, 0.25) is 0 Å². The molecule has 376 valence electrons. The summed E-state index contributed by atoms with van der Waals surface area (Å²) in [5.41, 5.74) is 6.69. The van der Waals surface area contributed by atoms with Gasteiger partial charge in [-0.25, -0.2) is 9.50 Å². The van der Waals surface area contributed by atoms with Gasteiger partial charge in [0.1, 0.15) is 23.2 Å². The van der Waals surface area contributed by atoms with Gasteiger partial charge in [0.05, 0.1) is 67.9 Å². The monoisotopic (exact) mass is 1010 g/mol. The first kappa shape index (κ1) is 50.3. The van der Waals surface area contributed by atoms with Crippen molar-refractivity contribution in [1.82, 2.24) is 50.6 Å². The second-order valence-electron chi connectivity index (χ2n) is 21.6. The van der Waals surface area contributed by atoms with Gasteiger partial charge in [-0.2, -0.15) is 10.4 Å². The molecular weight excluding hydrogens is 949 g/mol. The number of carbonyl (C=O) groups is 4. The van der Waals surface area contributed by atoms with E-state index in [1.165, 1.54) is 11.1 Å². The van der Waals surface area contributed by atoms with Crippen LogP contribution in [0.4, 0.5) is 5.69 Å². The van der Waals surface area contributed by atoms with Crippen LogP contribution >= 0.6 is 22.7 Å². The predicted octanol–water partition coefficient (Wildman–Crippen LogP) is 7.51. The Morgan fingerprint density at radius 1 is 0.944 bits per heavy atom. The molecule has 19 heteroatoms. The first-order valence-electron chi connectivity index (χ1n) is 24.5. The molecule has 17 nitrogen and oxygen atoms in total. The summed E-state index contributed by atoms with van der Waals surface area (Å²) in [6.07, 6.45) is 7.22. The maximum absolute atomic E-state index is 14.5. The normalized spacial score (nSPS) is 21.8. The Morgan fingerprint density at radius 2 is 1.67 bits per heavy atom. The zero-order valence-electron chi connectivity index (χ0n) is 42.0. The van der Waals surface area contributed by atoms with E-state index in [1.54, 1.807) is 53.3 Å². The van der Waals surface area contributed by atoms with Crippen molar-refractivity contribution in [3.63, 3.8) is 0 Å². The number of nitrogens with one attached hydrogen (secondary N) is 4. The third kappa shape index (κ3) is 9.83. The molecule has 1 aliphatic heterocycles.